The van der Waals surface area contributed by atoms with Crippen molar-refractivity contribution < 1.29 is 9.59 Å². The Balaban J connectivity index is 1.81. The first-order valence-electron chi connectivity index (χ1n) is 5.63. The van der Waals surface area contributed by atoms with Crippen molar-refractivity contribution in [3.05, 3.63) is 34.9 Å². The average molecular weight is 264 g/mol. The maximum atomic E-state index is 12.0. The Morgan fingerprint density at radius 3 is 2.61 bits per heavy atom. The first-order valence-corrected chi connectivity index (χ1v) is 6.01. The first-order chi connectivity index (χ1) is 8.66. The number of halogens is 1. The van der Waals surface area contributed by atoms with Crippen LogP contribution < -0.4 is 0 Å². The number of imide groups is 1. The fourth-order valence-electron chi connectivity index (χ4n) is 2.23. The minimum absolute atomic E-state index is 0.176. The molecule has 2 aliphatic heterocycles. The Bertz CT molecular complexity index is 541. The van der Waals surface area contributed by atoms with Crippen LogP contribution in [-0.2, 0) is 16.1 Å². The van der Waals surface area contributed by atoms with Crippen LogP contribution in [-0.4, -0.2) is 29.3 Å². The molecule has 0 saturated carbocycles. The van der Waals surface area contributed by atoms with E-state index in [-0.39, 0.29) is 24.3 Å². The molecular formula is C12H10ClN3O2. The Morgan fingerprint density at radius 1 is 1.22 bits per heavy atom. The van der Waals surface area contributed by atoms with Gasteiger partial charge in [0.15, 0.2) is 6.04 Å². The van der Waals surface area contributed by atoms with Crippen LogP contribution in [0.15, 0.2) is 34.5 Å². The van der Waals surface area contributed by atoms with Crippen LogP contribution >= 0.6 is 11.6 Å². The fourth-order valence-corrected chi connectivity index (χ4v) is 2.36. The third-order valence-corrected chi connectivity index (χ3v) is 3.47. The van der Waals surface area contributed by atoms with E-state index in [9.17, 15) is 9.59 Å². The fraction of sp³-hybridized carbons (Fsp3) is 0.333. The molecular weight excluding hydrogens is 254 g/mol. The van der Waals surface area contributed by atoms with E-state index in [1.54, 1.807) is 24.3 Å². The van der Waals surface area contributed by atoms with E-state index in [0.717, 1.165) is 5.56 Å². The molecule has 2 aliphatic rings. The zero-order valence-electron chi connectivity index (χ0n) is 9.41. The Morgan fingerprint density at radius 2 is 1.94 bits per heavy atom. The molecule has 0 aliphatic carbocycles. The Hall–Kier alpha value is -1.75. The molecule has 92 valence electrons. The van der Waals surface area contributed by atoms with Gasteiger partial charge in [-0.1, -0.05) is 23.7 Å². The smallest absolute Gasteiger partial charge is 0.257 e. The highest BCUT2D eigenvalue weighted by Crippen LogP contribution is 2.29. The van der Waals surface area contributed by atoms with Gasteiger partial charge < -0.3 is 0 Å². The molecule has 6 heteroatoms. The van der Waals surface area contributed by atoms with E-state index in [0.29, 0.717) is 11.6 Å². The van der Waals surface area contributed by atoms with Crippen molar-refractivity contribution in [3.63, 3.8) is 0 Å². The molecule has 1 aromatic carbocycles. The number of carbonyl (C=O) groups excluding carboxylic acids is 2. The van der Waals surface area contributed by atoms with Crippen LogP contribution in [0.3, 0.4) is 0 Å². The largest absolute Gasteiger partial charge is 0.276 e. The van der Waals surface area contributed by atoms with E-state index in [1.807, 2.05) is 0 Å². The van der Waals surface area contributed by atoms with Gasteiger partial charge in [0.1, 0.15) is 0 Å². The first kappa shape index (κ1) is 11.3. The summed E-state index contributed by atoms with van der Waals surface area (Å²) in [7, 11) is 0. The van der Waals surface area contributed by atoms with Crippen LogP contribution in [0.1, 0.15) is 5.56 Å². The summed E-state index contributed by atoms with van der Waals surface area (Å²) < 4.78 is 0. The molecule has 0 aromatic heterocycles. The van der Waals surface area contributed by atoms with E-state index in [2.05, 4.69) is 10.2 Å². The number of nitrogens with zero attached hydrogens (tertiary/aromatic N) is 3. The zero-order chi connectivity index (χ0) is 12.7. The number of carbonyl (C=O) groups is 2. The minimum Gasteiger partial charge on any atom is -0.276 e. The third-order valence-electron chi connectivity index (χ3n) is 3.22. The summed E-state index contributed by atoms with van der Waals surface area (Å²) >= 11 is 5.79. The van der Waals surface area contributed by atoms with E-state index < -0.39 is 6.04 Å². The van der Waals surface area contributed by atoms with Crippen LogP contribution in [0, 0.1) is 5.92 Å². The molecule has 0 bridgehead atoms. The predicted octanol–water partition coefficient (Wildman–Crippen LogP) is 1.66. The SMILES string of the molecule is O=C1[C@H]2CN=N[C@H]2C(=O)N1Cc1ccc(Cl)cc1. The number of hydrogen-bond acceptors (Lipinski definition) is 4. The summed E-state index contributed by atoms with van der Waals surface area (Å²) in [5, 5.41) is 8.22. The van der Waals surface area contributed by atoms with Crippen molar-refractivity contribution in [1.29, 1.82) is 0 Å². The molecule has 1 aromatic rings. The van der Waals surface area contributed by atoms with Crippen molar-refractivity contribution in [2.24, 2.45) is 16.1 Å². The molecule has 5 nitrogen and oxygen atoms in total. The highest BCUT2D eigenvalue weighted by atomic mass is 35.5. The van der Waals surface area contributed by atoms with Gasteiger partial charge in [0.2, 0.25) is 5.91 Å². The van der Waals surface area contributed by atoms with E-state index >= 15 is 0 Å². The Kier molecular flexibility index (Phi) is 2.63. The normalized spacial score (nSPS) is 25.9. The van der Waals surface area contributed by atoms with Gasteiger partial charge in [0.05, 0.1) is 19.0 Å². The second-order valence-electron chi connectivity index (χ2n) is 4.38. The highest BCUT2D eigenvalue weighted by molar-refractivity contribution is 6.30. The quantitative estimate of drug-likeness (QED) is 0.762. The van der Waals surface area contributed by atoms with Gasteiger partial charge in [-0.3, -0.25) is 14.5 Å². The molecule has 1 saturated heterocycles. The molecule has 2 atom stereocenters. The summed E-state index contributed by atoms with van der Waals surface area (Å²) in [6.45, 7) is 0.601. The lowest BCUT2D eigenvalue weighted by molar-refractivity contribution is -0.140. The molecule has 1 fully saturated rings. The monoisotopic (exact) mass is 263 g/mol. The van der Waals surface area contributed by atoms with E-state index in [1.165, 1.54) is 4.90 Å². The van der Waals surface area contributed by atoms with Gasteiger partial charge in [0, 0.05) is 5.02 Å². The topological polar surface area (TPSA) is 62.1 Å². The van der Waals surface area contributed by atoms with Crippen molar-refractivity contribution in [2.75, 3.05) is 6.54 Å². The van der Waals surface area contributed by atoms with Gasteiger partial charge in [-0.2, -0.15) is 10.2 Å². The number of hydrogen-bond donors (Lipinski definition) is 0. The number of fused-ring (bicyclic) bond motifs is 1. The summed E-state index contributed by atoms with van der Waals surface area (Å²) in [4.78, 5) is 25.3. The number of benzene rings is 1. The van der Waals surface area contributed by atoms with E-state index in [4.69, 9.17) is 11.6 Å². The minimum atomic E-state index is -0.593. The third kappa shape index (κ3) is 1.71. The Labute approximate surface area is 108 Å². The second kappa shape index (κ2) is 4.17. The number of rotatable bonds is 2. The van der Waals surface area contributed by atoms with Crippen molar-refractivity contribution in [3.8, 4) is 0 Å². The molecule has 0 spiro atoms. The summed E-state index contributed by atoms with van der Waals surface area (Å²) in [5.74, 6) is -0.809. The standard InChI is InChI=1S/C12H10ClN3O2/c13-8-3-1-7(2-4-8)6-16-11(17)9-5-14-15-10(9)12(16)18/h1-4,9-10H,5-6H2/t9-,10+/m0/s1. The van der Waals surface area contributed by atoms with Gasteiger partial charge in [-0.15, -0.1) is 0 Å². The molecule has 0 N–H and O–H groups in total. The molecule has 18 heavy (non-hydrogen) atoms. The summed E-state index contributed by atoms with van der Waals surface area (Å²) in [5.41, 5.74) is 0.873. The molecule has 3 rings (SSSR count). The van der Waals surface area contributed by atoms with Crippen LogP contribution in [0.2, 0.25) is 5.02 Å². The van der Waals surface area contributed by atoms with Crippen molar-refractivity contribution in [2.45, 2.75) is 12.6 Å². The molecule has 0 unspecified atom stereocenters. The molecule has 0 radical (unpaired) electrons. The summed E-state index contributed by atoms with van der Waals surface area (Å²) in [6.07, 6.45) is 0. The number of likely N-dealkylation sites (tertiary alicyclic amines) is 1. The molecule has 2 amide bonds. The van der Waals surface area contributed by atoms with Gasteiger partial charge in [-0.25, -0.2) is 0 Å². The predicted molar refractivity (Wildman–Crippen MR) is 64.0 cm³/mol. The van der Waals surface area contributed by atoms with Crippen molar-refractivity contribution >= 4 is 23.4 Å². The van der Waals surface area contributed by atoms with Crippen molar-refractivity contribution in [1.82, 2.24) is 4.90 Å². The van der Waals surface area contributed by atoms with Gasteiger partial charge in [0.25, 0.3) is 5.91 Å². The summed E-state index contributed by atoms with van der Waals surface area (Å²) in [6, 6.07) is 6.49. The maximum absolute atomic E-state index is 12.0. The van der Waals surface area contributed by atoms with Crippen LogP contribution in [0.4, 0.5) is 0 Å². The van der Waals surface area contributed by atoms with Crippen LogP contribution in [0.5, 0.6) is 0 Å². The average Bonchev–Trinajstić information content (AvgIpc) is 2.92. The van der Waals surface area contributed by atoms with Crippen LogP contribution in [0.25, 0.3) is 0 Å². The lowest BCUT2D eigenvalue weighted by Crippen LogP contribution is -2.31. The lowest BCUT2D eigenvalue weighted by Gasteiger charge is -2.14. The zero-order valence-corrected chi connectivity index (χ0v) is 10.2. The number of azo groups is 1. The maximum Gasteiger partial charge on any atom is 0.257 e. The second-order valence-corrected chi connectivity index (χ2v) is 4.82. The lowest BCUT2D eigenvalue weighted by atomic mass is 10.1. The number of amides is 2. The van der Waals surface area contributed by atoms with Gasteiger partial charge >= 0.3 is 0 Å². The highest BCUT2D eigenvalue weighted by Gasteiger charge is 2.50. The van der Waals surface area contributed by atoms with Gasteiger partial charge in [-0.05, 0) is 17.7 Å². The molecule has 2 heterocycles.